The first-order valence-electron chi connectivity index (χ1n) is 4.69. The minimum atomic E-state index is 0.273. The molecule has 5 heteroatoms. The van der Waals surface area contributed by atoms with Crippen LogP contribution in [-0.4, -0.2) is 28.1 Å². The van der Waals surface area contributed by atoms with Crippen LogP contribution in [0.2, 0.25) is 0 Å². The van der Waals surface area contributed by atoms with Crippen molar-refractivity contribution in [3.8, 4) is 0 Å². The molecule has 0 aromatic heterocycles. The van der Waals surface area contributed by atoms with Crippen LogP contribution in [0.4, 0.5) is 0 Å². The Hall–Kier alpha value is 1.57. The van der Waals surface area contributed by atoms with Gasteiger partial charge in [0.2, 0.25) is 0 Å². The maximum absolute atomic E-state index is 5.88. The van der Waals surface area contributed by atoms with Gasteiger partial charge in [0.15, 0.2) is 0 Å². The Morgan fingerprint density at radius 1 is 0.929 bits per heavy atom. The first-order chi connectivity index (χ1) is 6.65. The molecule has 0 saturated carbocycles. The van der Waals surface area contributed by atoms with Crippen LogP contribution in [0.5, 0.6) is 0 Å². The Morgan fingerprint density at radius 3 is 1.93 bits per heavy atom. The van der Waals surface area contributed by atoms with Crippen LogP contribution >= 0.6 is 60.1 Å². The van der Waals surface area contributed by atoms with Crippen molar-refractivity contribution in [3.63, 3.8) is 0 Å². The highest BCUT2D eigenvalue weighted by Gasteiger charge is 2.19. The van der Waals surface area contributed by atoms with E-state index in [4.69, 9.17) is 34.8 Å². The van der Waals surface area contributed by atoms with Crippen molar-refractivity contribution in [2.45, 2.75) is 29.8 Å². The average Bonchev–Trinajstić information content (AvgIpc) is 2.15. The molecule has 0 spiro atoms. The largest absolute Gasteiger partial charge is 0.176 e. The molecule has 0 amide bonds. The summed E-state index contributed by atoms with van der Waals surface area (Å²) < 4.78 is 0. The van der Waals surface area contributed by atoms with E-state index in [0.29, 0.717) is 28.8 Å². The summed E-state index contributed by atoms with van der Waals surface area (Å²) in [6.07, 6.45) is 2.77. The Labute approximate surface area is 113 Å². The molecule has 0 nitrogen and oxygen atoms in total. The standard InChI is InChI=1S/C9H17Cl3S2/c10-3-1-8(13)5-7(6-12)9(14)2-4-11/h7-9,13-14H,1-6H2. The lowest BCUT2D eigenvalue weighted by molar-refractivity contribution is 0.496. The van der Waals surface area contributed by atoms with E-state index in [-0.39, 0.29) is 5.25 Å². The molecule has 0 radical (unpaired) electrons. The molecule has 0 fully saturated rings. The van der Waals surface area contributed by atoms with Gasteiger partial charge in [0.25, 0.3) is 0 Å². The number of thiol groups is 2. The predicted octanol–water partition coefficient (Wildman–Crippen LogP) is 4.09. The summed E-state index contributed by atoms with van der Waals surface area (Å²) >= 11 is 26.1. The highest BCUT2D eigenvalue weighted by Crippen LogP contribution is 2.24. The van der Waals surface area contributed by atoms with Crippen molar-refractivity contribution >= 4 is 60.1 Å². The highest BCUT2D eigenvalue weighted by atomic mass is 35.5. The fourth-order valence-corrected chi connectivity index (χ4v) is 3.29. The highest BCUT2D eigenvalue weighted by molar-refractivity contribution is 7.81. The quantitative estimate of drug-likeness (QED) is 0.489. The van der Waals surface area contributed by atoms with Crippen molar-refractivity contribution in [2.24, 2.45) is 5.92 Å². The topological polar surface area (TPSA) is 0 Å². The maximum atomic E-state index is 5.88. The van der Waals surface area contributed by atoms with E-state index in [0.717, 1.165) is 19.3 Å². The van der Waals surface area contributed by atoms with Gasteiger partial charge in [-0.1, -0.05) is 0 Å². The van der Waals surface area contributed by atoms with Gasteiger partial charge in [-0.25, -0.2) is 0 Å². The molecule has 0 heterocycles. The van der Waals surface area contributed by atoms with Crippen LogP contribution < -0.4 is 0 Å². The molecule has 0 rings (SSSR count). The van der Waals surface area contributed by atoms with Gasteiger partial charge in [0.1, 0.15) is 0 Å². The summed E-state index contributed by atoms with van der Waals surface area (Å²) in [7, 11) is 0. The molecular weight excluding hydrogens is 279 g/mol. The molecule has 0 aliphatic rings. The zero-order chi connectivity index (χ0) is 11.0. The second-order valence-electron chi connectivity index (χ2n) is 3.33. The van der Waals surface area contributed by atoms with Crippen LogP contribution in [0, 0.1) is 5.92 Å². The Balaban J connectivity index is 3.87. The van der Waals surface area contributed by atoms with Gasteiger partial charge < -0.3 is 0 Å². The van der Waals surface area contributed by atoms with Crippen molar-refractivity contribution in [2.75, 3.05) is 17.6 Å². The van der Waals surface area contributed by atoms with E-state index in [1.807, 2.05) is 0 Å². The third-order valence-electron chi connectivity index (χ3n) is 2.16. The molecule has 3 unspecified atom stereocenters. The van der Waals surface area contributed by atoms with Crippen molar-refractivity contribution < 1.29 is 0 Å². The van der Waals surface area contributed by atoms with E-state index in [2.05, 4.69) is 25.3 Å². The van der Waals surface area contributed by atoms with Crippen molar-refractivity contribution in [1.82, 2.24) is 0 Å². The smallest absolute Gasteiger partial charge is 0.0262 e. The molecular formula is C9H17Cl3S2. The first kappa shape index (κ1) is 15.6. The maximum Gasteiger partial charge on any atom is 0.0262 e. The summed E-state index contributed by atoms with van der Waals surface area (Å²) in [4.78, 5) is 0. The number of rotatable bonds is 8. The molecule has 0 aliphatic carbocycles. The minimum absolute atomic E-state index is 0.273. The summed E-state index contributed by atoms with van der Waals surface area (Å²) in [5.74, 6) is 2.28. The van der Waals surface area contributed by atoms with Crippen LogP contribution in [0.15, 0.2) is 0 Å². The van der Waals surface area contributed by atoms with Crippen LogP contribution in [0.1, 0.15) is 19.3 Å². The number of halogens is 3. The molecule has 0 aromatic carbocycles. The normalized spacial score (nSPS) is 17.8. The third-order valence-corrected chi connectivity index (χ3v) is 4.15. The Bertz CT molecular complexity index is 135. The zero-order valence-electron chi connectivity index (χ0n) is 8.00. The second-order valence-corrected chi connectivity index (χ2v) is 5.78. The molecule has 14 heavy (non-hydrogen) atoms. The Morgan fingerprint density at radius 2 is 1.50 bits per heavy atom. The average molecular weight is 296 g/mol. The van der Waals surface area contributed by atoms with Crippen molar-refractivity contribution in [3.05, 3.63) is 0 Å². The van der Waals surface area contributed by atoms with Gasteiger partial charge in [-0.05, 0) is 25.2 Å². The molecule has 3 atom stereocenters. The van der Waals surface area contributed by atoms with E-state index < -0.39 is 0 Å². The van der Waals surface area contributed by atoms with Crippen LogP contribution in [0.3, 0.4) is 0 Å². The summed E-state index contributed by atoms with van der Waals surface area (Å²) in [5, 5.41) is 0.594. The molecule has 0 saturated heterocycles. The SMILES string of the molecule is SC(CCCl)CC(CCl)C(S)CCCl. The van der Waals surface area contributed by atoms with Gasteiger partial charge >= 0.3 is 0 Å². The third kappa shape index (κ3) is 6.95. The van der Waals surface area contributed by atoms with E-state index in [1.54, 1.807) is 0 Å². The fraction of sp³-hybridized carbons (Fsp3) is 1.00. The number of alkyl halides is 3. The van der Waals surface area contributed by atoms with Crippen LogP contribution in [-0.2, 0) is 0 Å². The summed E-state index contributed by atoms with van der Waals surface area (Å²) in [5.41, 5.74) is 0. The lowest BCUT2D eigenvalue weighted by Gasteiger charge is -2.23. The predicted molar refractivity (Wildman–Crippen MR) is 75.0 cm³/mol. The van der Waals surface area contributed by atoms with Gasteiger partial charge in [-0.2, -0.15) is 25.3 Å². The zero-order valence-corrected chi connectivity index (χ0v) is 12.1. The number of hydrogen-bond donors (Lipinski definition) is 2. The van der Waals surface area contributed by atoms with Crippen LogP contribution in [0.25, 0.3) is 0 Å². The number of hydrogen-bond acceptors (Lipinski definition) is 2. The lowest BCUT2D eigenvalue weighted by Crippen LogP contribution is -2.21. The molecule has 0 aliphatic heterocycles. The monoisotopic (exact) mass is 294 g/mol. The molecule has 0 N–H and O–H groups in total. The summed E-state index contributed by atoms with van der Waals surface area (Å²) in [6, 6.07) is 0. The molecule has 86 valence electrons. The second kappa shape index (κ2) is 9.77. The fourth-order valence-electron chi connectivity index (χ4n) is 1.26. The minimum Gasteiger partial charge on any atom is -0.176 e. The van der Waals surface area contributed by atoms with Gasteiger partial charge in [-0.15, -0.1) is 34.8 Å². The first-order valence-corrected chi connectivity index (χ1v) is 7.33. The van der Waals surface area contributed by atoms with Gasteiger partial charge in [0, 0.05) is 28.1 Å². The van der Waals surface area contributed by atoms with Crippen molar-refractivity contribution in [1.29, 1.82) is 0 Å². The van der Waals surface area contributed by atoms with E-state index >= 15 is 0 Å². The van der Waals surface area contributed by atoms with E-state index in [9.17, 15) is 0 Å². The summed E-state index contributed by atoms with van der Waals surface area (Å²) in [6.45, 7) is 0. The lowest BCUT2D eigenvalue weighted by atomic mass is 9.98. The molecule has 0 bridgehead atoms. The Kier molecular flexibility index (Phi) is 10.9. The van der Waals surface area contributed by atoms with Gasteiger partial charge in [-0.3, -0.25) is 0 Å². The van der Waals surface area contributed by atoms with E-state index in [1.165, 1.54) is 0 Å². The van der Waals surface area contributed by atoms with Gasteiger partial charge in [0.05, 0.1) is 0 Å². The molecule has 0 aromatic rings.